The van der Waals surface area contributed by atoms with Crippen LogP contribution in [0.4, 0.5) is 0 Å². The van der Waals surface area contributed by atoms with Crippen LogP contribution < -0.4 is 4.72 Å². The Morgan fingerprint density at radius 1 is 1.36 bits per heavy atom. The molecule has 0 radical (unpaired) electrons. The van der Waals surface area contributed by atoms with Gasteiger partial charge in [0, 0.05) is 5.41 Å². The third-order valence-electron chi connectivity index (χ3n) is 1.18. The first-order chi connectivity index (χ1) is 6.16. The highest BCUT2D eigenvalue weighted by atomic mass is 32.2. The summed E-state index contributed by atoms with van der Waals surface area (Å²) in [6.07, 6.45) is 0. The summed E-state index contributed by atoms with van der Waals surface area (Å²) in [6.45, 7) is 6.96. The van der Waals surface area contributed by atoms with E-state index < -0.39 is 15.9 Å². The largest absolute Gasteiger partial charge is 0.309 e. The lowest BCUT2D eigenvalue weighted by atomic mass is 9.98. The molecule has 5 heteroatoms. The van der Waals surface area contributed by atoms with E-state index in [0.717, 1.165) is 0 Å². The van der Waals surface area contributed by atoms with Crippen LogP contribution in [0.5, 0.6) is 0 Å². The number of nitrogens with one attached hydrogen (secondary N) is 1. The van der Waals surface area contributed by atoms with Gasteiger partial charge in [-0.15, -0.1) is 0 Å². The van der Waals surface area contributed by atoms with Crippen LogP contribution in [0.1, 0.15) is 27.7 Å². The summed E-state index contributed by atoms with van der Waals surface area (Å²) >= 11 is 0. The van der Waals surface area contributed by atoms with Gasteiger partial charge in [-0.05, 0) is 33.6 Å². The zero-order valence-electron chi connectivity index (χ0n) is 8.84. The Bertz CT molecular complexity index is 365. The van der Waals surface area contributed by atoms with Gasteiger partial charge in [0.15, 0.2) is 0 Å². The first kappa shape index (κ1) is 13.0. The number of carbonyl (C=O) groups excluding carboxylic acids is 1. The second-order valence-corrected chi connectivity index (χ2v) is 5.85. The molecule has 0 saturated heterocycles. The zero-order chi connectivity index (χ0) is 11.4. The molecule has 1 N–H and O–H groups in total. The standard InChI is InChI=1S/C9H15NO3S/c1-5-14(12,13)10-8(11)6-7-9(2,3)4/h5H2,1-4H3,(H,10,11). The molecule has 0 aliphatic carbocycles. The van der Waals surface area contributed by atoms with Gasteiger partial charge in [0.1, 0.15) is 0 Å². The molecule has 0 bridgehead atoms. The number of carbonyl (C=O) groups is 1. The molecule has 0 aromatic rings. The Balaban J connectivity index is 4.46. The van der Waals surface area contributed by atoms with Crippen molar-refractivity contribution in [3.8, 4) is 11.8 Å². The normalized spacial score (nSPS) is 11.4. The minimum Gasteiger partial charge on any atom is -0.258 e. The molecule has 80 valence electrons. The van der Waals surface area contributed by atoms with Crippen LogP contribution in [0.3, 0.4) is 0 Å². The minimum atomic E-state index is -3.49. The summed E-state index contributed by atoms with van der Waals surface area (Å²) in [6, 6.07) is 0. The highest BCUT2D eigenvalue weighted by Gasteiger charge is 2.10. The molecule has 0 unspecified atom stereocenters. The van der Waals surface area contributed by atoms with Crippen molar-refractivity contribution in [3.63, 3.8) is 0 Å². The monoisotopic (exact) mass is 217 g/mol. The van der Waals surface area contributed by atoms with Gasteiger partial charge in [0.05, 0.1) is 5.75 Å². The van der Waals surface area contributed by atoms with Gasteiger partial charge >= 0.3 is 5.91 Å². The number of rotatable bonds is 2. The maximum Gasteiger partial charge on any atom is 0.309 e. The van der Waals surface area contributed by atoms with Crippen molar-refractivity contribution < 1.29 is 13.2 Å². The van der Waals surface area contributed by atoms with Gasteiger partial charge in [0.25, 0.3) is 0 Å². The van der Waals surface area contributed by atoms with Crippen molar-refractivity contribution in [2.45, 2.75) is 27.7 Å². The summed E-state index contributed by atoms with van der Waals surface area (Å²) in [5, 5.41) is 0. The molecule has 0 rings (SSSR count). The SMILES string of the molecule is CCS(=O)(=O)NC(=O)C#CC(C)(C)C. The summed E-state index contributed by atoms with van der Waals surface area (Å²) < 4.78 is 23.7. The van der Waals surface area contributed by atoms with E-state index in [-0.39, 0.29) is 11.2 Å². The van der Waals surface area contributed by atoms with Crippen LogP contribution in [-0.4, -0.2) is 20.1 Å². The summed E-state index contributed by atoms with van der Waals surface area (Å²) in [5.74, 6) is 3.97. The molecule has 0 aliphatic heterocycles. The molecule has 0 fully saturated rings. The predicted molar refractivity (Wildman–Crippen MR) is 54.8 cm³/mol. The summed E-state index contributed by atoms with van der Waals surface area (Å²) in [5.41, 5.74) is -0.312. The molecule has 0 atom stereocenters. The maximum absolute atomic E-state index is 11.0. The average molecular weight is 217 g/mol. The van der Waals surface area contributed by atoms with E-state index in [9.17, 15) is 13.2 Å². The van der Waals surface area contributed by atoms with Gasteiger partial charge in [-0.1, -0.05) is 5.92 Å². The van der Waals surface area contributed by atoms with Gasteiger partial charge in [-0.25, -0.2) is 13.1 Å². The minimum absolute atomic E-state index is 0.129. The fourth-order valence-electron chi connectivity index (χ4n) is 0.483. The van der Waals surface area contributed by atoms with E-state index in [0.29, 0.717) is 0 Å². The average Bonchev–Trinajstić information content (AvgIpc) is 1.99. The molecule has 0 aromatic heterocycles. The van der Waals surface area contributed by atoms with Crippen molar-refractivity contribution in [2.75, 3.05) is 5.75 Å². The molecule has 0 spiro atoms. The molecular weight excluding hydrogens is 202 g/mol. The van der Waals surface area contributed by atoms with E-state index in [2.05, 4.69) is 11.8 Å². The lowest BCUT2D eigenvalue weighted by Crippen LogP contribution is -2.30. The Kier molecular flexibility index (Phi) is 4.14. The second kappa shape index (κ2) is 4.47. The van der Waals surface area contributed by atoms with Crippen LogP contribution in [0.15, 0.2) is 0 Å². The second-order valence-electron chi connectivity index (χ2n) is 3.83. The number of amides is 1. The Hall–Kier alpha value is -1.02. The number of hydrogen-bond donors (Lipinski definition) is 1. The Morgan fingerprint density at radius 2 is 1.86 bits per heavy atom. The molecule has 0 heterocycles. The van der Waals surface area contributed by atoms with E-state index in [1.54, 1.807) is 0 Å². The van der Waals surface area contributed by atoms with E-state index >= 15 is 0 Å². The molecule has 4 nitrogen and oxygen atoms in total. The number of sulfonamides is 1. The number of hydrogen-bond acceptors (Lipinski definition) is 3. The fraction of sp³-hybridized carbons (Fsp3) is 0.667. The van der Waals surface area contributed by atoms with Crippen molar-refractivity contribution in [1.29, 1.82) is 0 Å². The first-order valence-electron chi connectivity index (χ1n) is 4.24. The van der Waals surface area contributed by atoms with Crippen molar-refractivity contribution in [2.24, 2.45) is 5.41 Å². The van der Waals surface area contributed by atoms with Crippen LogP contribution >= 0.6 is 0 Å². The van der Waals surface area contributed by atoms with Crippen LogP contribution in [0.25, 0.3) is 0 Å². The fourth-order valence-corrected chi connectivity index (χ4v) is 0.961. The van der Waals surface area contributed by atoms with E-state index in [4.69, 9.17) is 0 Å². The first-order valence-corrected chi connectivity index (χ1v) is 5.89. The third kappa shape index (κ3) is 6.49. The van der Waals surface area contributed by atoms with Crippen molar-refractivity contribution >= 4 is 15.9 Å². The van der Waals surface area contributed by atoms with Crippen molar-refractivity contribution in [1.82, 2.24) is 4.72 Å². The maximum atomic E-state index is 11.0. The smallest absolute Gasteiger partial charge is 0.258 e. The molecule has 14 heavy (non-hydrogen) atoms. The highest BCUT2D eigenvalue weighted by Crippen LogP contribution is 2.09. The molecule has 0 aliphatic rings. The molecular formula is C9H15NO3S. The van der Waals surface area contributed by atoms with E-state index in [1.807, 2.05) is 25.5 Å². The summed E-state index contributed by atoms with van der Waals surface area (Å²) in [7, 11) is -3.49. The topological polar surface area (TPSA) is 63.2 Å². The summed E-state index contributed by atoms with van der Waals surface area (Å²) in [4.78, 5) is 11.0. The van der Waals surface area contributed by atoms with Gasteiger partial charge in [-0.2, -0.15) is 0 Å². The quantitative estimate of drug-likeness (QED) is 0.685. The lowest BCUT2D eigenvalue weighted by molar-refractivity contribution is -0.114. The lowest BCUT2D eigenvalue weighted by Gasteiger charge is -2.06. The van der Waals surface area contributed by atoms with Gasteiger partial charge < -0.3 is 0 Å². The Labute approximate surface area is 85.1 Å². The van der Waals surface area contributed by atoms with Crippen LogP contribution in [0.2, 0.25) is 0 Å². The van der Waals surface area contributed by atoms with Crippen LogP contribution in [-0.2, 0) is 14.8 Å². The van der Waals surface area contributed by atoms with Gasteiger partial charge in [0.2, 0.25) is 10.0 Å². The zero-order valence-corrected chi connectivity index (χ0v) is 9.66. The van der Waals surface area contributed by atoms with Gasteiger partial charge in [-0.3, -0.25) is 4.79 Å². The molecule has 0 aromatic carbocycles. The molecule has 0 saturated carbocycles. The predicted octanol–water partition coefficient (Wildman–Crippen LogP) is 0.502. The van der Waals surface area contributed by atoms with Crippen molar-refractivity contribution in [3.05, 3.63) is 0 Å². The van der Waals surface area contributed by atoms with E-state index in [1.165, 1.54) is 6.92 Å². The third-order valence-corrected chi connectivity index (χ3v) is 2.44. The van der Waals surface area contributed by atoms with Crippen LogP contribution in [0, 0.1) is 17.3 Å². The molecule has 1 amide bonds. The Morgan fingerprint density at radius 3 is 2.21 bits per heavy atom. The highest BCUT2D eigenvalue weighted by molar-refractivity contribution is 7.90.